The highest BCUT2D eigenvalue weighted by molar-refractivity contribution is 5.94. The molecule has 7 nitrogen and oxygen atoms in total. The van der Waals surface area contributed by atoms with Gasteiger partial charge in [0.05, 0.1) is 36.4 Å². The van der Waals surface area contributed by atoms with Gasteiger partial charge in [0.1, 0.15) is 0 Å². The molecule has 7 heteroatoms. The number of nitrogens with zero attached hydrogens (tertiary/aromatic N) is 4. The quantitative estimate of drug-likeness (QED) is 0.850. The van der Waals surface area contributed by atoms with Crippen molar-refractivity contribution in [2.75, 3.05) is 26.8 Å². The predicted octanol–water partition coefficient (Wildman–Crippen LogP) is 1.53. The Hall–Kier alpha value is -2.25. The fourth-order valence-electron chi connectivity index (χ4n) is 3.03. The standard InChI is InChI=1S/C17H22N4O3/c1-17(2)12-20(10-15(24-17)11-23-3)16(22)13-5-4-6-14(9-13)21-8-7-18-19-21/h4-9,15H,10-12H2,1-3H3/t15-/m0/s1. The van der Waals surface area contributed by atoms with Gasteiger partial charge in [0.2, 0.25) is 0 Å². The Labute approximate surface area is 141 Å². The van der Waals surface area contributed by atoms with Crippen molar-refractivity contribution in [1.29, 1.82) is 0 Å². The Kier molecular flexibility index (Phi) is 4.64. The minimum absolute atomic E-state index is 0.0190. The molecular weight excluding hydrogens is 308 g/mol. The van der Waals surface area contributed by atoms with Crippen molar-refractivity contribution in [3.05, 3.63) is 42.2 Å². The molecule has 1 fully saturated rings. The van der Waals surface area contributed by atoms with E-state index in [1.54, 1.807) is 24.2 Å². The van der Waals surface area contributed by atoms with E-state index in [9.17, 15) is 4.79 Å². The van der Waals surface area contributed by atoms with Crippen LogP contribution in [0.4, 0.5) is 0 Å². The van der Waals surface area contributed by atoms with Crippen molar-refractivity contribution < 1.29 is 14.3 Å². The minimum Gasteiger partial charge on any atom is -0.382 e. The number of methoxy groups -OCH3 is 1. The molecule has 1 saturated heterocycles. The average molecular weight is 330 g/mol. The van der Waals surface area contributed by atoms with Gasteiger partial charge in [0.15, 0.2) is 0 Å². The van der Waals surface area contributed by atoms with E-state index in [1.807, 2.05) is 43.0 Å². The Morgan fingerprint density at radius 3 is 3.00 bits per heavy atom. The summed E-state index contributed by atoms with van der Waals surface area (Å²) in [6.45, 7) is 5.50. The molecule has 0 spiro atoms. The number of aromatic nitrogens is 3. The second kappa shape index (κ2) is 6.70. The van der Waals surface area contributed by atoms with E-state index in [1.165, 1.54) is 0 Å². The molecule has 3 rings (SSSR count). The summed E-state index contributed by atoms with van der Waals surface area (Å²) in [5, 5.41) is 7.76. The van der Waals surface area contributed by atoms with Crippen molar-refractivity contribution in [2.24, 2.45) is 0 Å². The van der Waals surface area contributed by atoms with Crippen LogP contribution in [0.2, 0.25) is 0 Å². The molecule has 0 radical (unpaired) electrons. The molecular formula is C17H22N4O3. The van der Waals surface area contributed by atoms with E-state index in [0.29, 0.717) is 25.3 Å². The first-order valence-electron chi connectivity index (χ1n) is 7.91. The molecule has 0 aliphatic carbocycles. The highest BCUT2D eigenvalue weighted by Gasteiger charge is 2.35. The third-order valence-corrected chi connectivity index (χ3v) is 3.90. The Morgan fingerprint density at radius 2 is 2.29 bits per heavy atom. The van der Waals surface area contributed by atoms with Crippen molar-refractivity contribution in [1.82, 2.24) is 19.9 Å². The summed E-state index contributed by atoms with van der Waals surface area (Å²) >= 11 is 0. The number of rotatable bonds is 4. The van der Waals surface area contributed by atoms with Gasteiger partial charge in [-0.3, -0.25) is 4.79 Å². The monoisotopic (exact) mass is 330 g/mol. The van der Waals surface area contributed by atoms with Gasteiger partial charge in [0, 0.05) is 25.8 Å². The number of carbonyl (C=O) groups excluding carboxylic acids is 1. The summed E-state index contributed by atoms with van der Waals surface area (Å²) in [4.78, 5) is 14.8. The molecule has 0 N–H and O–H groups in total. The summed E-state index contributed by atoms with van der Waals surface area (Å²) in [5.74, 6) is -0.0190. The molecule has 1 aliphatic rings. The summed E-state index contributed by atoms with van der Waals surface area (Å²) < 4.78 is 12.8. The van der Waals surface area contributed by atoms with Gasteiger partial charge < -0.3 is 14.4 Å². The number of amides is 1. The lowest BCUT2D eigenvalue weighted by molar-refractivity contribution is -0.143. The molecule has 128 valence electrons. The lowest BCUT2D eigenvalue weighted by atomic mass is 10.0. The van der Waals surface area contributed by atoms with Gasteiger partial charge >= 0.3 is 0 Å². The Bertz CT molecular complexity index is 700. The Balaban J connectivity index is 1.81. The van der Waals surface area contributed by atoms with Crippen molar-refractivity contribution in [3.63, 3.8) is 0 Å². The van der Waals surface area contributed by atoms with Crippen LogP contribution in [-0.2, 0) is 9.47 Å². The summed E-state index contributed by atoms with van der Waals surface area (Å²) in [5.41, 5.74) is 1.02. The molecule has 0 unspecified atom stereocenters. The third-order valence-electron chi connectivity index (χ3n) is 3.90. The van der Waals surface area contributed by atoms with E-state index in [-0.39, 0.29) is 12.0 Å². The maximum Gasteiger partial charge on any atom is 0.254 e. The molecule has 2 aromatic rings. The summed E-state index contributed by atoms with van der Waals surface area (Å²) in [6.07, 6.45) is 3.23. The highest BCUT2D eigenvalue weighted by atomic mass is 16.5. The lowest BCUT2D eigenvalue weighted by Gasteiger charge is -2.42. The molecule has 0 bridgehead atoms. The van der Waals surface area contributed by atoms with Gasteiger partial charge in [-0.25, -0.2) is 4.68 Å². The molecule has 1 aliphatic heterocycles. The smallest absolute Gasteiger partial charge is 0.254 e. The van der Waals surface area contributed by atoms with E-state index < -0.39 is 5.60 Å². The second-order valence-corrected chi connectivity index (χ2v) is 6.54. The Morgan fingerprint density at radius 1 is 1.46 bits per heavy atom. The average Bonchev–Trinajstić information content (AvgIpc) is 3.07. The van der Waals surface area contributed by atoms with E-state index >= 15 is 0 Å². The van der Waals surface area contributed by atoms with Crippen LogP contribution in [0, 0.1) is 0 Å². The third kappa shape index (κ3) is 3.63. The molecule has 1 atom stereocenters. The predicted molar refractivity (Wildman–Crippen MR) is 88.1 cm³/mol. The van der Waals surface area contributed by atoms with Crippen molar-refractivity contribution >= 4 is 5.91 Å². The number of benzene rings is 1. The number of hydrogen-bond acceptors (Lipinski definition) is 5. The molecule has 24 heavy (non-hydrogen) atoms. The maximum absolute atomic E-state index is 12.9. The normalized spacial score (nSPS) is 20.1. The van der Waals surface area contributed by atoms with Gasteiger partial charge in [-0.05, 0) is 32.0 Å². The first-order valence-corrected chi connectivity index (χ1v) is 7.91. The second-order valence-electron chi connectivity index (χ2n) is 6.54. The van der Waals surface area contributed by atoms with Crippen molar-refractivity contribution in [3.8, 4) is 5.69 Å². The first-order chi connectivity index (χ1) is 11.5. The topological polar surface area (TPSA) is 69.5 Å². The summed E-state index contributed by atoms with van der Waals surface area (Å²) in [6, 6.07) is 7.38. The van der Waals surface area contributed by atoms with E-state index in [4.69, 9.17) is 9.47 Å². The van der Waals surface area contributed by atoms with Crippen LogP contribution in [0.25, 0.3) is 5.69 Å². The fourth-order valence-corrected chi connectivity index (χ4v) is 3.03. The van der Waals surface area contributed by atoms with Crippen LogP contribution in [0.5, 0.6) is 0 Å². The van der Waals surface area contributed by atoms with Gasteiger partial charge in [-0.2, -0.15) is 0 Å². The van der Waals surface area contributed by atoms with Gasteiger partial charge in [0.25, 0.3) is 5.91 Å². The van der Waals surface area contributed by atoms with Crippen molar-refractivity contribution in [2.45, 2.75) is 25.6 Å². The highest BCUT2D eigenvalue weighted by Crippen LogP contribution is 2.23. The SMILES string of the molecule is COC[C@@H]1CN(C(=O)c2cccc(-n3ccnn3)c2)CC(C)(C)O1. The number of hydrogen-bond donors (Lipinski definition) is 0. The molecule has 1 aromatic heterocycles. The summed E-state index contributed by atoms with van der Waals surface area (Å²) in [7, 11) is 1.64. The van der Waals surface area contributed by atoms with Crippen LogP contribution in [0.15, 0.2) is 36.7 Å². The van der Waals surface area contributed by atoms with Crippen LogP contribution >= 0.6 is 0 Å². The van der Waals surface area contributed by atoms with Crippen LogP contribution < -0.4 is 0 Å². The fraction of sp³-hybridized carbons (Fsp3) is 0.471. The maximum atomic E-state index is 12.9. The lowest BCUT2D eigenvalue weighted by Crippen LogP contribution is -2.55. The number of carbonyl (C=O) groups is 1. The molecule has 1 amide bonds. The van der Waals surface area contributed by atoms with Gasteiger partial charge in [-0.15, -0.1) is 5.10 Å². The number of morpholine rings is 1. The molecule has 2 heterocycles. The molecule has 0 saturated carbocycles. The van der Waals surface area contributed by atoms with Crippen LogP contribution in [-0.4, -0.2) is 64.3 Å². The van der Waals surface area contributed by atoms with Crippen LogP contribution in [0.1, 0.15) is 24.2 Å². The minimum atomic E-state index is -0.402. The first kappa shape index (κ1) is 16.6. The zero-order valence-electron chi connectivity index (χ0n) is 14.2. The number of ether oxygens (including phenoxy) is 2. The van der Waals surface area contributed by atoms with Gasteiger partial charge in [-0.1, -0.05) is 11.3 Å². The molecule has 1 aromatic carbocycles. The van der Waals surface area contributed by atoms with E-state index in [2.05, 4.69) is 10.3 Å². The zero-order valence-corrected chi connectivity index (χ0v) is 14.2. The zero-order chi connectivity index (χ0) is 17.2. The van der Waals surface area contributed by atoms with E-state index in [0.717, 1.165) is 5.69 Å². The largest absolute Gasteiger partial charge is 0.382 e. The van der Waals surface area contributed by atoms with Crippen LogP contribution in [0.3, 0.4) is 0 Å².